The summed E-state index contributed by atoms with van der Waals surface area (Å²) in [5, 5.41) is 0. The summed E-state index contributed by atoms with van der Waals surface area (Å²) >= 11 is 5.51. The van der Waals surface area contributed by atoms with Crippen molar-refractivity contribution in [1.29, 1.82) is 0 Å². The molecule has 1 fully saturated rings. The number of benzene rings is 1. The Bertz CT molecular complexity index is 357. The van der Waals surface area contributed by atoms with Crippen LogP contribution in [0, 0.1) is 0 Å². The fourth-order valence-electron chi connectivity index (χ4n) is 2.08. The van der Waals surface area contributed by atoms with Crippen LogP contribution in [0.25, 0.3) is 0 Å². The first-order chi connectivity index (χ1) is 7.15. The molecule has 0 atom stereocenters. The van der Waals surface area contributed by atoms with Gasteiger partial charge in [0.1, 0.15) is 5.88 Å². The molecule has 2 nitrogen and oxygen atoms in total. The standard InChI is InChI=1S/C12H14ClNO/c1-12(10-5-3-2-4-6-10)8-14(9-12)11(15)7-13/h2-6H,7-9H2,1H3. The Balaban J connectivity index is 2.06. The van der Waals surface area contributed by atoms with E-state index in [1.165, 1.54) is 5.56 Å². The van der Waals surface area contributed by atoms with Crippen LogP contribution >= 0.6 is 11.6 Å². The van der Waals surface area contributed by atoms with Crippen molar-refractivity contribution < 1.29 is 4.79 Å². The molecule has 0 spiro atoms. The van der Waals surface area contributed by atoms with Crippen molar-refractivity contribution in [2.75, 3.05) is 19.0 Å². The highest BCUT2D eigenvalue weighted by atomic mass is 35.5. The molecule has 15 heavy (non-hydrogen) atoms. The van der Waals surface area contributed by atoms with Gasteiger partial charge in [-0.2, -0.15) is 0 Å². The SMILES string of the molecule is CC1(c2ccccc2)CN(C(=O)CCl)C1. The summed E-state index contributed by atoms with van der Waals surface area (Å²) in [7, 11) is 0. The van der Waals surface area contributed by atoms with Crippen LogP contribution in [0.15, 0.2) is 30.3 Å². The van der Waals surface area contributed by atoms with E-state index in [2.05, 4.69) is 19.1 Å². The van der Waals surface area contributed by atoms with Gasteiger partial charge in [0.2, 0.25) is 5.91 Å². The van der Waals surface area contributed by atoms with Crippen molar-refractivity contribution in [2.24, 2.45) is 0 Å². The summed E-state index contributed by atoms with van der Waals surface area (Å²) in [6, 6.07) is 10.3. The second kappa shape index (κ2) is 3.86. The second-order valence-electron chi connectivity index (χ2n) is 4.31. The van der Waals surface area contributed by atoms with Crippen LogP contribution in [0.3, 0.4) is 0 Å². The Morgan fingerprint density at radius 1 is 1.40 bits per heavy atom. The summed E-state index contributed by atoms with van der Waals surface area (Å²) in [5.74, 6) is 0.121. The lowest BCUT2D eigenvalue weighted by atomic mass is 9.75. The molecule has 0 unspecified atom stereocenters. The van der Waals surface area contributed by atoms with Gasteiger partial charge in [0, 0.05) is 18.5 Å². The fourth-order valence-corrected chi connectivity index (χ4v) is 2.25. The third-order valence-electron chi connectivity index (χ3n) is 3.02. The highest BCUT2D eigenvalue weighted by Crippen LogP contribution is 2.33. The van der Waals surface area contributed by atoms with E-state index in [-0.39, 0.29) is 17.2 Å². The highest BCUT2D eigenvalue weighted by molar-refractivity contribution is 6.27. The number of likely N-dealkylation sites (tertiary alicyclic amines) is 1. The number of hydrogen-bond donors (Lipinski definition) is 0. The van der Waals surface area contributed by atoms with E-state index in [4.69, 9.17) is 11.6 Å². The lowest BCUT2D eigenvalue weighted by Gasteiger charge is -2.48. The van der Waals surface area contributed by atoms with Crippen molar-refractivity contribution in [1.82, 2.24) is 4.90 Å². The third kappa shape index (κ3) is 1.86. The fraction of sp³-hybridized carbons (Fsp3) is 0.417. The summed E-state index contributed by atoms with van der Waals surface area (Å²) in [4.78, 5) is 13.1. The van der Waals surface area contributed by atoms with E-state index in [0.29, 0.717) is 0 Å². The molecule has 3 heteroatoms. The van der Waals surface area contributed by atoms with Gasteiger partial charge in [-0.3, -0.25) is 4.79 Å². The van der Waals surface area contributed by atoms with Gasteiger partial charge < -0.3 is 4.90 Å². The first-order valence-corrected chi connectivity index (χ1v) is 5.58. The molecule has 80 valence electrons. The summed E-state index contributed by atoms with van der Waals surface area (Å²) in [6.45, 7) is 3.74. The zero-order chi connectivity index (χ0) is 10.9. The number of rotatable bonds is 2. The Morgan fingerprint density at radius 3 is 2.53 bits per heavy atom. The maximum Gasteiger partial charge on any atom is 0.237 e. The average Bonchev–Trinajstić information content (AvgIpc) is 2.25. The van der Waals surface area contributed by atoms with Crippen molar-refractivity contribution in [3.05, 3.63) is 35.9 Å². The Kier molecular flexibility index (Phi) is 2.70. The molecule has 0 aromatic heterocycles. The molecule has 1 aromatic rings. The quantitative estimate of drug-likeness (QED) is 0.703. The molecular weight excluding hydrogens is 210 g/mol. The van der Waals surface area contributed by atoms with Crippen LogP contribution < -0.4 is 0 Å². The zero-order valence-corrected chi connectivity index (χ0v) is 9.50. The topological polar surface area (TPSA) is 20.3 Å². The minimum atomic E-state index is 0.0325. The van der Waals surface area contributed by atoms with Gasteiger partial charge in [-0.05, 0) is 5.56 Å². The molecule has 0 saturated carbocycles. The van der Waals surface area contributed by atoms with Gasteiger partial charge in [0.15, 0.2) is 0 Å². The minimum Gasteiger partial charge on any atom is -0.340 e. The Hall–Kier alpha value is -1.02. The first kappa shape index (κ1) is 10.5. The van der Waals surface area contributed by atoms with Crippen molar-refractivity contribution in [2.45, 2.75) is 12.3 Å². The summed E-state index contributed by atoms with van der Waals surface area (Å²) < 4.78 is 0. The molecule has 1 saturated heterocycles. The van der Waals surface area contributed by atoms with Crippen LogP contribution in [-0.4, -0.2) is 29.8 Å². The second-order valence-corrected chi connectivity index (χ2v) is 4.58. The molecule has 1 aliphatic rings. The maximum absolute atomic E-state index is 11.3. The number of halogens is 1. The van der Waals surface area contributed by atoms with Crippen LogP contribution in [0.1, 0.15) is 12.5 Å². The van der Waals surface area contributed by atoms with E-state index in [1.54, 1.807) is 4.90 Å². The summed E-state index contributed by atoms with van der Waals surface area (Å²) in [5.41, 5.74) is 1.41. The van der Waals surface area contributed by atoms with Crippen LogP contribution in [-0.2, 0) is 10.2 Å². The number of hydrogen-bond acceptors (Lipinski definition) is 1. The van der Waals surface area contributed by atoms with Crippen LogP contribution in [0.5, 0.6) is 0 Å². The Labute approximate surface area is 94.8 Å². The molecule has 0 aliphatic carbocycles. The molecule has 1 heterocycles. The molecule has 0 radical (unpaired) electrons. The van der Waals surface area contributed by atoms with Gasteiger partial charge in [-0.15, -0.1) is 11.6 Å². The highest BCUT2D eigenvalue weighted by Gasteiger charge is 2.41. The monoisotopic (exact) mass is 223 g/mol. The molecule has 0 bridgehead atoms. The number of alkyl halides is 1. The predicted molar refractivity (Wildman–Crippen MR) is 61.1 cm³/mol. The van der Waals surface area contributed by atoms with Gasteiger partial charge in [0.25, 0.3) is 0 Å². The van der Waals surface area contributed by atoms with Crippen LogP contribution in [0.4, 0.5) is 0 Å². The van der Waals surface area contributed by atoms with Gasteiger partial charge in [-0.1, -0.05) is 37.3 Å². The largest absolute Gasteiger partial charge is 0.340 e. The normalized spacial score (nSPS) is 18.4. The molecular formula is C12H14ClNO. The van der Waals surface area contributed by atoms with Gasteiger partial charge in [-0.25, -0.2) is 0 Å². The Morgan fingerprint density at radius 2 is 2.00 bits per heavy atom. The third-order valence-corrected chi connectivity index (χ3v) is 3.25. The van der Waals surface area contributed by atoms with Crippen molar-refractivity contribution in [3.8, 4) is 0 Å². The number of carbonyl (C=O) groups is 1. The van der Waals surface area contributed by atoms with E-state index in [1.807, 2.05) is 18.2 Å². The number of carbonyl (C=O) groups excluding carboxylic acids is 1. The zero-order valence-electron chi connectivity index (χ0n) is 8.74. The van der Waals surface area contributed by atoms with Crippen molar-refractivity contribution in [3.63, 3.8) is 0 Å². The van der Waals surface area contributed by atoms with Crippen molar-refractivity contribution >= 4 is 17.5 Å². The van der Waals surface area contributed by atoms with Gasteiger partial charge in [0.05, 0.1) is 0 Å². The van der Waals surface area contributed by atoms with E-state index < -0.39 is 0 Å². The first-order valence-electron chi connectivity index (χ1n) is 5.05. The van der Waals surface area contributed by atoms with E-state index in [9.17, 15) is 4.79 Å². The molecule has 1 aromatic carbocycles. The lowest BCUT2D eigenvalue weighted by Crippen LogP contribution is -2.59. The molecule has 1 aliphatic heterocycles. The smallest absolute Gasteiger partial charge is 0.237 e. The predicted octanol–water partition coefficient (Wildman–Crippen LogP) is 2.03. The average molecular weight is 224 g/mol. The molecule has 1 amide bonds. The van der Waals surface area contributed by atoms with E-state index >= 15 is 0 Å². The lowest BCUT2D eigenvalue weighted by molar-refractivity contribution is -0.135. The summed E-state index contributed by atoms with van der Waals surface area (Å²) in [6.07, 6.45) is 0. The maximum atomic E-state index is 11.3. The minimum absolute atomic E-state index is 0.0325. The number of amides is 1. The molecule has 0 N–H and O–H groups in total. The number of nitrogens with zero attached hydrogens (tertiary/aromatic N) is 1. The van der Waals surface area contributed by atoms with Crippen LogP contribution in [0.2, 0.25) is 0 Å². The van der Waals surface area contributed by atoms with Gasteiger partial charge >= 0.3 is 0 Å². The van der Waals surface area contributed by atoms with E-state index in [0.717, 1.165) is 13.1 Å². The molecule has 2 rings (SSSR count).